The molecule has 26 heavy (non-hydrogen) atoms. The lowest BCUT2D eigenvalue weighted by molar-refractivity contribution is -0.151. The number of ether oxygens (including phenoxy) is 3. The Labute approximate surface area is 161 Å². The molecule has 0 heterocycles. The van der Waals surface area contributed by atoms with E-state index in [0.29, 0.717) is 25.0 Å². The molecular weight excluding hydrogens is 328 g/mol. The van der Waals surface area contributed by atoms with Gasteiger partial charge in [-0.25, -0.2) is 0 Å². The summed E-state index contributed by atoms with van der Waals surface area (Å²) in [6.45, 7) is 10.1. The van der Waals surface area contributed by atoms with Gasteiger partial charge in [0.2, 0.25) is 0 Å². The van der Waals surface area contributed by atoms with Crippen molar-refractivity contribution >= 4 is 5.97 Å². The van der Waals surface area contributed by atoms with Crippen molar-refractivity contribution in [2.75, 3.05) is 33.0 Å². The Kier molecular flexibility index (Phi) is 13.9. The molecular formula is C22H42O4. The summed E-state index contributed by atoms with van der Waals surface area (Å²) >= 11 is 0. The molecule has 0 N–H and O–H groups in total. The zero-order chi connectivity index (χ0) is 19.0. The average Bonchev–Trinajstić information content (AvgIpc) is 2.67. The molecule has 154 valence electrons. The third-order valence-electron chi connectivity index (χ3n) is 5.54. The lowest BCUT2D eigenvalue weighted by Crippen LogP contribution is -2.27. The van der Waals surface area contributed by atoms with Gasteiger partial charge >= 0.3 is 5.97 Å². The van der Waals surface area contributed by atoms with E-state index in [9.17, 15) is 4.79 Å². The van der Waals surface area contributed by atoms with Gasteiger partial charge in [-0.2, -0.15) is 0 Å². The summed E-state index contributed by atoms with van der Waals surface area (Å²) in [6, 6.07) is 0. The van der Waals surface area contributed by atoms with E-state index in [1.54, 1.807) is 0 Å². The van der Waals surface area contributed by atoms with Crippen molar-refractivity contribution in [2.24, 2.45) is 17.8 Å². The number of carbonyl (C=O) groups excluding carboxylic acids is 1. The molecule has 0 spiro atoms. The van der Waals surface area contributed by atoms with Crippen LogP contribution in [-0.2, 0) is 19.0 Å². The topological polar surface area (TPSA) is 44.8 Å². The first-order valence-corrected chi connectivity index (χ1v) is 11.0. The smallest absolute Gasteiger partial charge is 0.309 e. The van der Waals surface area contributed by atoms with Gasteiger partial charge in [0.25, 0.3) is 0 Å². The number of carbonyl (C=O) groups is 1. The van der Waals surface area contributed by atoms with E-state index in [2.05, 4.69) is 20.8 Å². The predicted octanol–water partition coefficient (Wildman–Crippen LogP) is 5.39. The van der Waals surface area contributed by atoms with Crippen molar-refractivity contribution in [1.29, 1.82) is 0 Å². The molecule has 0 aromatic carbocycles. The van der Waals surface area contributed by atoms with Crippen LogP contribution in [0.15, 0.2) is 0 Å². The second kappa shape index (κ2) is 15.4. The Morgan fingerprint density at radius 2 is 1.65 bits per heavy atom. The summed E-state index contributed by atoms with van der Waals surface area (Å²) in [5.74, 6) is 1.37. The minimum atomic E-state index is -0.0333. The highest BCUT2D eigenvalue weighted by atomic mass is 16.6. The second-order valence-corrected chi connectivity index (χ2v) is 7.81. The van der Waals surface area contributed by atoms with E-state index in [0.717, 1.165) is 58.3 Å². The number of hydrogen-bond acceptors (Lipinski definition) is 4. The van der Waals surface area contributed by atoms with Crippen molar-refractivity contribution < 1.29 is 19.0 Å². The van der Waals surface area contributed by atoms with E-state index < -0.39 is 0 Å². The molecule has 1 fully saturated rings. The van der Waals surface area contributed by atoms with Crippen LogP contribution in [0.4, 0.5) is 0 Å². The van der Waals surface area contributed by atoms with Gasteiger partial charge in [0.15, 0.2) is 0 Å². The van der Waals surface area contributed by atoms with E-state index >= 15 is 0 Å². The fraction of sp³-hybridized carbons (Fsp3) is 0.955. The lowest BCUT2D eigenvalue weighted by atomic mass is 9.82. The summed E-state index contributed by atoms with van der Waals surface area (Å²) in [4.78, 5) is 12.1. The normalized spacial score (nSPS) is 21.5. The molecule has 1 aliphatic rings. The van der Waals surface area contributed by atoms with Crippen LogP contribution in [0.25, 0.3) is 0 Å². The van der Waals surface area contributed by atoms with Crippen molar-refractivity contribution in [3.8, 4) is 0 Å². The summed E-state index contributed by atoms with van der Waals surface area (Å²) < 4.78 is 16.8. The molecule has 1 saturated carbocycles. The molecule has 0 amide bonds. The largest absolute Gasteiger partial charge is 0.463 e. The fourth-order valence-corrected chi connectivity index (χ4v) is 3.53. The molecule has 0 bridgehead atoms. The number of hydrogen-bond donors (Lipinski definition) is 0. The molecule has 0 aliphatic heterocycles. The third-order valence-corrected chi connectivity index (χ3v) is 5.54. The van der Waals surface area contributed by atoms with E-state index in [1.165, 1.54) is 25.7 Å². The van der Waals surface area contributed by atoms with Crippen molar-refractivity contribution in [3.05, 3.63) is 0 Å². The van der Waals surface area contributed by atoms with Gasteiger partial charge < -0.3 is 14.2 Å². The van der Waals surface area contributed by atoms with E-state index in [1.807, 2.05) is 0 Å². The van der Waals surface area contributed by atoms with Gasteiger partial charge in [-0.05, 0) is 50.4 Å². The Balaban J connectivity index is 2.07. The van der Waals surface area contributed by atoms with Crippen molar-refractivity contribution in [1.82, 2.24) is 0 Å². The minimum Gasteiger partial charge on any atom is -0.463 e. The van der Waals surface area contributed by atoms with Crippen LogP contribution in [0.5, 0.6) is 0 Å². The fourth-order valence-electron chi connectivity index (χ4n) is 3.53. The molecule has 4 nitrogen and oxygen atoms in total. The van der Waals surface area contributed by atoms with Crippen molar-refractivity contribution in [3.63, 3.8) is 0 Å². The highest BCUT2D eigenvalue weighted by Gasteiger charge is 2.27. The van der Waals surface area contributed by atoms with Gasteiger partial charge in [-0.15, -0.1) is 0 Å². The lowest BCUT2D eigenvalue weighted by Gasteiger charge is -2.27. The molecule has 0 aromatic rings. The Morgan fingerprint density at radius 3 is 2.31 bits per heavy atom. The molecule has 4 heteroatoms. The van der Waals surface area contributed by atoms with Gasteiger partial charge in [0.05, 0.1) is 12.5 Å². The molecule has 1 aliphatic carbocycles. The maximum absolute atomic E-state index is 12.1. The molecule has 0 aromatic heterocycles. The highest BCUT2D eigenvalue weighted by molar-refractivity contribution is 5.72. The third kappa shape index (κ3) is 10.5. The Morgan fingerprint density at radius 1 is 0.923 bits per heavy atom. The SMILES string of the molecule is CCCCOCCOC(=O)C1CCC(COCC(CC)CCCC)CC1. The maximum atomic E-state index is 12.1. The predicted molar refractivity (Wildman–Crippen MR) is 106 cm³/mol. The van der Waals surface area contributed by atoms with Gasteiger partial charge in [-0.1, -0.05) is 46.5 Å². The first-order valence-electron chi connectivity index (χ1n) is 11.0. The zero-order valence-corrected chi connectivity index (χ0v) is 17.5. The van der Waals surface area contributed by atoms with Gasteiger partial charge in [0, 0.05) is 19.8 Å². The molecule has 1 unspecified atom stereocenters. The second-order valence-electron chi connectivity index (χ2n) is 7.81. The maximum Gasteiger partial charge on any atom is 0.309 e. The number of unbranched alkanes of at least 4 members (excludes halogenated alkanes) is 2. The van der Waals surface area contributed by atoms with Crippen molar-refractivity contribution in [2.45, 2.75) is 85.0 Å². The van der Waals surface area contributed by atoms with Crippen LogP contribution in [0.2, 0.25) is 0 Å². The summed E-state index contributed by atoms with van der Waals surface area (Å²) in [5, 5.41) is 0. The van der Waals surface area contributed by atoms with Crippen LogP contribution < -0.4 is 0 Å². The first-order chi connectivity index (χ1) is 12.7. The minimum absolute atomic E-state index is 0.0333. The Bertz CT molecular complexity index is 337. The van der Waals surface area contributed by atoms with Crippen LogP contribution in [-0.4, -0.2) is 39.0 Å². The van der Waals surface area contributed by atoms with Crippen LogP contribution in [0.1, 0.15) is 85.0 Å². The first kappa shape index (κ1) is 23.4. The van der Waals surface area contributed by atoms with Crippen LogP contribution in [0.3, 0.4) is 0 Å². The van der Waals surface area contributed by atoms with E-state index in [-0.39, 0.29) is 11.9 Å². The van der Waals surface area contributed by atoms with E-state index in [4.69, 9.17) is 14.2 Å². The monoisotopic (exact) mass is 370 g/mol. The Hall–Kier alpha value is -0.610. The highest BCUT2D eigenvalue weighted by Crippen LogP contribution is 2.30. The molecule has 1 rings (SSSR count). The van der Waals surface area contributed by atoms with Gasteiger partial charge in [0.1, 0.15) is 6.61 Å². The molecule has 0 radical (unpaired) electrons. The summed E-state index contributed by atoms with van der Waals surface area (Å²) in [5.41, 5.74) is 0. The summed E-state index contributed by atoms with van der Waals surface area (Å²) in [6.07, 6.45) is 11.3. The van der Waals surface area contributed by atoms with Gasteiger partial charge in [-0.3, -0.25) is 4.79 Å². The van der Waals surface area contributed by atoms with Crippen LogP contribution in [0, 0.1) is 17.8 Å². The standard InChI is InChI=1S/C22H42O4/c1-4-7-9-19(6-3)17-25-18-20-10-12-21(13-11-20)22(23)26-16-15-24-14-8-5-2/h19-21H,4-18H2,1-3H3. The quantitative estimate of drug-likeness (QED) is 0.286. The molecule has 0 saturated heterocycles. The zero-order valence-electron chi connectivity index (χ0n) is 17.5. The van der Waals surface area contributed by atoms with Crippen LogP contribution >= 0.6 is 0 Å². The number of rotatable bonds is 15. The number of esters is 1. The molecule has 1 atom stereocenters. The summed E-state index contributed by atoms with van der Waals surface area (Å²) in [7, 11) is 0. The average molecular weight is 371 g/mol.